The lowest BCUT2D eigenvalue weighted by atomic mass is 10.9. The molecule has 0 aliphatic heterocycles. The number of ether oxygens (including phenoxy) is 1. The third-order valence-electron chi connectivity index (χ3n) is 0.471. The van der Waals surface area contributed by atoms with Crippen LogP contribution in [0.5, 0.6) is 0 Å². The zero-order valence-corrected chi connectivity index (χ0v) is 5.99. The first kappa shape index (κ1) is 5.18. The van der Waals surface area contributed by atoms with E-state index in [1.807, 2.05) is 0 Å². The summed E-state index contributed by atoms with van der Waals surface area (Å²) in [6, 6.07) is 0. The molecule has 0 amide bonds. The highest BCUT2D eigenvalue weighted by Crippen LogP contribution is 1.71. The van der Waals surface area contributed by atoms with Gasteiger partial charge in [-0.1, -0.05) is 0 Å². The number of rotatable bonds is 1. The van der Waals surface area contributed by atoms with Crippen molar-refractivity contribution in [3.63, 3.8) is 0 Å². The summed E-state index contributed by atoms with van der Waals surface area (Å²) in [5.74, 6) is 0. The normalized spacial score (nSPS) is 15.6. The second-order valence-corrected chi connectivity index (χ2v) is 2.91. The Kier molecular flexibility index (Phi) is 2.50. The molecule has 5 heavy (non-hydrogen) atoms. The van der Waals surface area contributed by atoms with Crippen molar-refractivity contribution >= 4 is 10.2 Å². The lowest BCUT2D eigenvalue weighted by Crippen LogP contribution is -2.01. The molecule has 1 atom stereocenters. The Hall–Kier alpha value is 0.177. The molecule has 0 saturated carbocycles. The van der Waals surface area contributed by atoms with E-state index >= 15 is 0 Å². The summed E-state index contributed by atoms with van der Waals surface area (Å²) in [5, 5.41) is 0. The Bertz CT molecular complexity index is 20.9. The highest BCUT2D eigenvalue weighted by molar-refractivity contribution is 6.10. The van der Waals surface area contributed by atoms with Gasteiger partial charge in [0.25, 0.3) is 0 Å². The van der Waals surface area contributed by atoms with Crippen LogP contribution in [0.4, 0.5) is 0 Å². The zero-order valence-electron chi connectivity index (χ0n) is 3.99. The van der Waals surface area contributed by atoms with E-state index in [-0.39, 0.29) is 0 Å². The van der Waals surface area contributed by atoms with E-state index in [0.717, 1.165) is 10.2 Å². The monoisotopic (exact) mass is 90.1 g/mol. The Labute approximate surface area is 35.8 Å². The van der Waals surface area contributed by atoms with Gasteiger partial charge in [0.05, 0.1) is 0 Å². The van der Waals surface area contributed by atoms with E-state index in [1.54, 1.807) is 7.11 Å². The van der Waals surface area contributed by atoms with E-state index in [4.69, 9.17) is 4.74 Å². The summed E-state index contributed by atoms with van der Waals surface area (Å²) in [6.07, 6.45) is 0. The first-order valence-corrected chi connectivity index (χ1v) is 2.95. The third kappa shape index (κ3) is 4.18. The van der Waals surface area contributed by atoms with Crippen LogP contribution in [0.25, 0.3) is 0 Å². The van der Waals surface area contributed by atoms with Crippen LogP contribution in [0.1, 0.15) is 6.92 Å². The predicted octanol–water partition coefficient (Wildman–Crippen LogP) is -0.656. The molecule has 0 fully saturated rings. The lowest BCUT2D eigenvalue weighted by Gasteiger charge is -1.94. The molecule has 0 heterocycles. The van der Waals surface area contributed by atoms with Gasteiger partial charge in [-0.15, -0.1) is 0 Å². The predicted molar refractivity (Wildman–Crippen MR) is 26.4 cm³/mol. The lowest BCUT2D eigenvalue weighted by molar-refractivity contribution is 0.181. The van der Waals surface area contributed by atoms with Gasteiger partial charge in [-0.3, -0.25) is 0 Å². The summed E-state index contributed by atoms with van der Waals surface area (Å²) < 4.78 is 4.81. The minimum atomic E-state index is 0.523. The number of hydrogen-bond donors (Lipinski definition) is 0. The van der Waals surface area contributed by atoms with E-state index in [0.29, 0.717) is 5.73 Å². The molecule has 32 valence electrons. The first-order chi connectivity index (χ1) is 2.27. The average Bonchev–Trinajstić information content (AvgIpc) is 1.38. The van der Waals surface area contributed by atoms with Crippen LogP contribution in [0, 0.1) is 0 Å². The van der Waals surface area contributed by atoms with Gasteiger partial charge >= 0.3 is 0 Å². The summed E-state index contributed by atoms with van der Waals surface area (Å²) in [7, 11) is 2.88. The van der Waals surface area contributed by atoms with E-state index in [2.05, 4.69) is 6.92 Å². The van der Waals surface area contributed by atoms with Crippen LogP contribution in [0.2, 0.25) is 0 Å². The smallest absolute Gasteiger partial charge is 0.0388 e. The van der Waals surface area contributed by atoms with Crippen molar-refractivity contribution in [1.29, 1.82) is 0 Å². The third-order valence-corrected chi connectivity index (χ3v) is 0.943. The maximum absolute atomic E-state index is 4.81. The SMILES string of the molecule is COC(C)[SiH3]. The molecule has 0 aliphatic carbocycles. The molecule has 0 radical (unpaired) electrons. The van der Waals surface area contributed by atoms with Crippen LogP contribution in [-0.2, 0) is 4.74 Å². The minimum Gasteiger partial charge on any atom is -0.386 e. The van der Waals surface area contributed by atoms with Crippen molar-refractivity contribution in [2.24, 2.45) is 0 Å². The van der Waals surface area contributed by atoms with Gasteiger partial charge in [0.15, 0.2) is 0 Å². The molecule has 0 aromatic heterocycles. The van der Waals surface area contributed by atoms with E-state index < -0.39 is 0 Å². The topological polar surface area (TPSA) is 9.23 Å². The molecule has 0 rings (SSSR count). The quantitative estimate of drug-likeness (QED) is 0.389. The molecule has 0 saturated heterocycles. The first-order valence-electron chi connectivity index (χ1n) is 1.80. The number of methoxy groups -OCH3 is 1. The minimum absolute atomic E-state index is 0.523. The molecular weight excluding hydrogens is 80.1 g/mol. The fourth-order valence-corrected chi connectivity index (χ4v) is 0. The largest absolute Gasteiger partial charge is 0.386 e. The molecular formula is C3H10OSi. The van der Waals surface area contributed by atoms with Crippen molar-refractivity contribution in [2.45, 2.75) is 12.7 Å². The molecule has 1 nitrogen and oxygen atoms in total. The second kappa shape index (κ2) is 2.42. The summed E-state index contributed by atoms with van der Waals surface area (Å²) in [5.41, 5.74) is 0.523. The van der Waals surface area contributed by atoms with Gasteiger partial charge in [0.1, 0.15) is 0 Å². The van der Waals surface area contributed by atoms with E-state index in [1.165, 1.54) is 0 Å². The summed E-state index contributed by atoms with van der Waals surface area (Å²) >= 11 is 0. The van der Waals surface area contributed by atoms with Gasteiger partial charge in [-0.25, -0.2) is 0 Å². The fourth-order valence-electron chi connectivity index (χ4n) is 0. The van der Waals surface area contributed by atoms with Crippen molar-refractivity contribution in [3.05, 3.63) is 0 Å². The molecule has 1 unspecified atom stereocenters. The van der Waals surface area contributed by atoms with Crippen molar-refractivity contribution < 1.29 is 4.74 Å². The highest BCUT2D eigenvalue weighted by atomic mass is 28.1. The van der Waals surface area contributed by atoms with Crippen LogP contribution < -0.4 is 0 Å². The molecule has 0 aliphatic rings. The molecule has 0 aromatic carbocycles. The molecule has 0 N–H and O–H groups in total. The fraction of sp³-hybridized carbons (Fsp3) is 1.00. The number of hydrogen-bond acceptors (Lipinski definition) is 1. The van der Waals surface area contributed by atoms with Gasteiger partial charge < -0.3 is 4.74 Å². The van der Waals surface area contributed by atoms with Crippen LogP contribution >= 0.6 is 0 Å². The van der Waals surface area contributed by atoms with Crippen molar-refractivity contribution in [1.82, 2.24) is 0 Å². The Balaban J connectivity index is 2.54. The zero-order chi connectivity index (χ0) is 4.28. The van der Waals surface area contributed by atoms with Crippen molar-refractivity contribution in [2.75, 3.05) is 7.11 Å². The maximum atomic E-state index is 4.81. The maximum Gasteiger partial charge on any atom is 0.0388 e. The molecule has 0 bridgehead atoms. The average molecular weight is 90.2 g/mol. The van der Waals surface area contributed by atoms with Crippen LogP contribution in [0.3, 0.4) is 0 Å². The van der Waals surface area contributed by atoms with E-state index in [9.17, 15) is 0 Å². The highest BCUT2D eigenvalue weighted by Gasteiger charge is 1.78. The molecule has 0 aromatic rings. The van der Waals surface area contributed by atoms with Gasteiger partial charge in [-0.2, -0.15) is 0 Å². The van der Waals surface area contributed by atoms with Crippen molar-refractivity contribution in [3.8, 4) is 0 Å². The summed E-state index contributed by atoms with van der Waals surface area (Å²) in [4.78, 5) is 0. The Morgan fingerprint density at radius 2 is 2.00 bits per heavy atom. The molecule has 2 heteroatoms. The van der Waals surface area contributed by atoms with Crippen LogP contribution in [0.15, 0.2) is 0 Å². The Morgan fingerprint density at radius 1 is 1.80 bits per heavy atom. The van der Waals surface area contributed by atoms with Gasteiger partial charge in [0, 0.05) is 23.1 Å². The molecule has 0 spiro atoms. The summed E-state index contributed by atoms with van der Waals surface area (Å²) in [6.45, 7) is 2.06. The second-order valence-electron chi connectivity index (χ2n) is 1.28. The van der Waals surface area contributed by atoms with Gasteiger partial charge in [0.2, 0.25) is 0 Å². The van der Waals surface area contributed by atoms with Gasteiger partial charge in [-0.05, 0) is 6.92 Å². The Morgan fingerprint density at radius 3 is 2.00 bits per heavy atom. The van der Waals surface area contributed by atoms with Crippen LogP contribution in [-0.4, -0.2) is 23.1 Å². The standard InChI is InChI=1S/C3H10OSi/c1-3(5)4-2/h3H,1-2,5H3.